The molecular weight excluding hydrogens is 244 g/mol. The van der Waals surface area contributed by atoms with Gasteiger partial charge in [0.25, 0.3) is 0 Å². The summed E-state index contributed by atoms with van der Waals surface area (Å²) in [7, 11) is 1.21. The largest absolute Gasteiger partial charge is 0.477 e. The summed E-state index contributed by atoms with van der Waals surface area (Å²) in [5.41, 5.74) is 0.220. The molecule has 2 N–H and O–H groups in total. The molecule has 0 saturated heterocycles. The van der Waals surface area contributed by atoms with Crippen LogP contribution in [0.1, 0.15) is 9.67 Å². The first kappa shape index (κ1) is 11.3. The number of thiophene rings is 1. The minimum absolute atomic E-state index is 0.0316. The molecule has 0 aliphatic heterocycles. The number of carbonyl (C=O) groups is 2. The minimum atomic E-state index is -1.11. The Hall–Kier alpha value is -2.15. The second-order valence-electron chi connectivity index (χ2n) is 3.08. The van der Waals surface area contributed by atoms with Crippen molar-refractivity contribution in [3.8, 4) is 0 Å². The SMILES string of the molecule is COC(=O)Nc1c(C(=O)O)sc2ncccc12. The zero-order valence-electron chi connectivity index (χ0n) is 8.76. The Morgan fingerprint density at radius 2 is 2.29 bits per heavy atom. The third-order valence-electron chi connectivity index (χ3n) is 2.07. The lowest BCUT2D eigenvalue weighted by molar-refractivity contribution is 0.0703. The first-order chi connectivity index (χ1) is 8.13. The number of carbonyl (C=O) groups excluding carboxylic acids is 1. The van der Waals surface area contributed by atoms with Crippen molar-refractivity contribution in [2.75, 3.05) is 12.4 Å². The molecule has 2 aromatic heterocycles. The second kappa shape index (κ2) is 4.38. The number of methoxy groups -OCH3 is 1. The second-order valence-corrected chi connectivity index (χ2v) is 4.08. The summed E-state index contributed by atoms with van der Waals surface area (Å²) in [5, 5.41) is 12.0. The lowest BCUT2D eigenvalue weighted by Gasteiger charge is -2.03. The Bertz CT molecular complexity index is 593. The maximum absolute atomic E-state index is 11.2. The van der Waals surface area contributed by atoms with Crippen LogP contribution in [-0.4, -0.2) is 29.3 Å². The molecule has 0 radical (unpaired) electrons. The number of rotatable bonds is 2. The van der Waals surface area contributed by atoms with Gasteiger partial charge in [0.2, 0.25) is 0 Å². The number of hydrogen-bond acceptors (Lipinski definition) is 5. The van der Waals surface area contributed by atoms with Crippen molar-refractivity contribution in [1.29, 1.82) is 0 Å². The van der Waals surface area contributed by atoms with Crippen LogP contribution < -0.4 is 5.32 Å². The summed E-state index contributed by atoms with van der Waals surface area (Å²) in [6.45, 7) is 0. The topological polar surface area (TPSA) is 88.5 Å². The summed E-state index contributed by atoms with van der Waals surface area (Å²) in [6, 6.07) is 3.36. The van der Waals surface area contributed by atoms with Gasteiger partial charge in [0.15, 0.2) is 0 Å². The van der Waals surface area contributed by atoms with Gasteiger partial charge in [-0.05, 0) is 12.1 Å². The van der Waals surface area contributed by atoms with E-state index >= 15 is 0 Å². The molecule has 0 unspecified atom stereocenters. The predicted molar refractivity (Wildman–Crippen MR) is 62.6 cm³/mol. The molecule has 88 valence electrons. The molecule has 2 rings (SSSR count). The summed E-state index contributed by atoms with van der Waals surface area (Å²) in [6.07, 6.45) is 0.850. The number of anilines is 1. The summed E-state index contributed by atoms with van der Waals surface area (Å²) >= 11 is 1.00. The average Bonchev–Trinajstić information content (AvgIpc) is 2.68. The highest BCUT2D eigenvalue weighted by molar-refractivity contribution is 7.21. The molecular formula is C10H8N2O4S. The Balaban J connectivity index is 2.59. The van der Waals surface area contributed by atoms with Gasteiger partial charge in [-0.3, -0.25) is 5.32 Å². The van der Waals surface area contributed by atoms with E-state index in [1.165, 1.54) is 7.11 Å². The fourth-order valence-electron chi connectivity index (χ4n) is 1.36. The lowest BCUT2D eigenvalue weighted by Crippen LogP contribution is -2.12. The zero-order chi connectivity index (χ0) is 12.4. The standard InChI is InChI=1S/C10H8N2O4S/c1-16-10(15)12-6-5-3-2-4-11-8(5)17-7(6)9(13)14/h2-4H,1H3,(H,12,15)(H,13,14). The first-order valence-corrected chi connectivity index (χ1v) is 5.41. The van der Waals surface area contributed by atoms with Crippen LogP contribution in [0.5, 0.6) is 0 Å². The number of carboxylic acid groups (broad SMARTS) is 1. The van der Waals surface area contributed by atoms with Gasteiger partial charge in [0.1, 0.15) is 9.71 Å². The van der Waals surface area contributed by atoms with Gasteiger partial charge < -0.3 is 9.84 Å². The van der Waals surface area contributed by atoms with E-state index in [1.54, 1.807) is 18.3 Å². The highest BCUT2D eigenvalue weighted by atomic mass is 32.1. The number of nitrogens with zero attached hydrogens (tertiary/aromatic N) is 1. The molecule has 0 aromatic carbocycles. The van der Waals surface area contributed by atoms with Crippen LogP contribution >= 0.6 is 11.3 Å². The number of carboxylic acids is 1. The normalized spacial score (nSPS) is 10.2. The maximum atomic E-state index is 11.2. The smallest absolute Gasteiger partial charge is 0.411 e. The number of hydrogen-bond donors (Lipinski definition) is 2. The molecule has 0 bridgehead atoms. The van der Waals surface area contributed by atoms with Crippen LogP contribution in [-0.2, 0) is 4.74 Å². The monoisotopic (exact) mass is 252 g/mol. The molecule has 0 aliphatic carbocycles. The Kier molecular flexibility index (Phi) is 2.92. The minimum Gasteiger partial charge on any atom is -0.477 e. The van der Waals surface area contributed by atoms with Crippen LogP contribution in [0.2, 0.25) is 0 Å². The van der Waals surface area contributed by atoms with Gasteiger partial charge in [-0.15, -0.1) is 11.3 Å². The molecule has 7 heteroatoms. The first-order valence-electron chi connectivity index (χ1n) is 4.59. The van der Waals surface area contributed by atoms with Gasteiger partial charge in [-0.2, -0.15) is 0 Å². The van der Waals surface area contributed by atoms with Crippen molar-refractivity contribution in [2.24, 2.45) is 0 Å². The van der Waals surface area contributed by atoms with E-state index in [-0.39, 0.29) is 10.6 Å². The summed E-state index contributed by atoms with van der Waals surface area (Å²) in [5.74, 6) is -1.11. The fraction of sp³-hybridized carbons (Fsp3) is 0.100. The third-order valence-corrected chi connectivity index (χ3v) is 3.17. The van der Waals surface area contributed by atoms with Gasteiger partial charge in [0.05, 0.1) is 12.8 Å². The Morgan fingerprint density at radius 3 is 2.94 bits per heavy atom. The maximum Gasteiger partial charge on any atom is 0.411 e. The van der Waals surface area contributed by atoms with Gasteiger partial charge in [-0.25, -0.2) is 14.6 Å². The van der Waals surface area contributed by atoms with Gasteiger partial charge in [0, 0.05) is 11.6 Å². The molecule has 2 aromatic rings. The van der Waals surface area contributed by atoms with E-state index in [4.69, 9.17) is 5.11 Å². The third kappa shape index (κ3) is 2.04. The molecule has 2 heterocycles. The van der Waals surface area contributed by atoms with Gasteiger partial charge >= 0.3 is 12.1 Å². The van der Waals surface area contributed by atoms with Crippen LogP contribution in [0, 0.1) is 0 Å². The number of amides is 1. The number of ether oxygens (including phenoxy) is 1. The number of fused-ring (bicyclic) bond motifs is 1. The summed E-state index contributed by atoms with van der Waals surface area (Å²) in [4.78, 5) is 26.8. The van der Waals surface area contributed by atoms with Crippen molar-refractivity contribution in [1.82, 2.24) is 4.98 Å². The van der Waals surface area contributed by atoms with Crippen LogP contribution in [0.15, 0.2) is 18.3 Å². The van der Waals surface area contributed by atoms with E-state index in [1.807, 2.05) is 0 Å². The Morgan fingerprint density at radius 1 is 1.53 bits per heavy atom. The van der Waals surface area contributed by atoms with Gasteiger partial charge in [-0.1, -0.05) is 0 Å². The van der Waals surface area contributed by atoms with Crippen molar-refractivity contribution in [2.45, 2.75) is 0 Å². The molecule has 0 saturated carbocycles. The van der Waals surface area contributed by atoms with E-state index in [2.05, 4.69) is 15.0 Å². The van der Waals surface area contributed by atoms with Crippen molar-refractivity contribution in [3.63, 3.8) is 0 Å². The van der Waals surface area contributed by atoms with Crippen molar-refractivity contribution < 1.29 is 19.4 Å². The van der Waals surface area contributed by atoms with Crippen LogP contribution in [0.25, 0.3) is 10.2 Å². The highest BCUT2D eigenvalue weighted by Gasteiger charge is 2.20. The molecule has 17 heavy (non-hydrogen) atoms. The number of aromatic nitrogens is 1. The fourth-order valence-corrected chi connectivity index (χ4v) is 2.30. The Labute approximate surface area is 99.8 Å². The van der Waals surface area contributed by atoms with Crippen molar-refractivity contribution >= 4 is 39.3 Å². The van der Waals surface area contributed by atoms with Crippen molar-refractivity contribution in [3.05, 3.63) is 23.2 Å². The number of aromatic carboxylic acids is 1. The quantitative estimate of drug-likeness (QED) is 0.855. The number of pyridine rings is 1. The average molecular weight is 252 g/mol. The predicted octanol–water partition coefficient (Wildman–Crippen LogP) is 2.17. The lowest BCUT2D eigenvalue weighted by atomic mass is 10.2. The van der Waals surface area contributed by atoms with E-state index in [0.717, 1.165) is 11.3 Å². The highest BCUT2D eigenvalue weighted by Crippen LogP contribution is 2.34. The molecule has 6 nitrogen and oxygen atoms in total. The zero-order valence-corrected chi connectivity index (χ0v) is 9.58. The van der Waals surface area contributed by atoms with E-state index in [9.17, 15) is 9.59 Å². The molecule has 0 atom stereocenters. The van der Waals surface area contributed by atoms with E-state index < -0.39 is 12.1 Å². The van der Waals surface area contributed by atoms with Crippen LogP contribution in [0.4, 0.5) is 10.5 Å². The van der Waals surface area contributed by atoms with E-state index in [0.29, 0.717) is 10.2 Å². The summed E-state index contributed by atoms with van der Waals surface area (Å²) < 4.78 is 4.45. The molecule has 0 fully saturated rings. The molecule has 1 amide bonds. The van der Waals surface area contributed by atoms with Crippen LogP contribution in [0.3, 0.4) is 0 Å². The molecule has 0 aliphatic rings. The number of nitrogens with one attached hydrogen (secondary N) is 1. The molecule has 0 spiro atoms.